The summed E-state index contributed by atoms with van der Waals surface area (Å²) in [5.41, 5.74) is 1.95. The van der Waals surface area contributed by atoms with Crippen molar-refractivity contribution in [2.45, 2.75) is 39.0 Å². The van der Waals surface area contributed by atoms with Crippen molar-refractivity contribution in [3.05, 3.63) is 45.9 Å². The van der Waals surface area contributed by atoms with Crippen molar-refractivity contribution in [1.29, 1.82) is 0 Å². The lowest BCUT2D eigenvalue weighted by atomic mass is 10.1. The van der Waals surface area contributed by atoms with Crippen LogP contribution < -0.4 is 10.1 Å². The second-order valence-electron chi connectivity index (χ2n) is 6.70. The highest BCUT2D eigenvalue weighted by atomic mass is 32.1. The number of nitrogens with zero attached hydrogens (tertiary/aromatic N) is 2. The molecule has 0 saturated carbocycles. The van der Waals surface area contributed by atoms with Gasteiger partial charge in [-0.2, -0.15) is 0 Å². The Bertz CT molecular complexity index is 727. The van der Waals surface area contributed by atoms with Crippen molar-refractivity contribution in [3.63, 3.8) is 0 Å². The smallest absolute Gasteiger partial charge is 0.226 e. The summed E-state index contributed by atoms with van der Waals surface area (Å²) in [5.74, 6) is 0.956. The molecular formula is C18H23N3O2S. The van der Waals surface area contributed by atoms with E-state index in [2.05, 4.69) is 35.1 Å². The molecule has 5 nitrogen and oxygen atoms in total. The van der Waals surface area contributed by atoms with Crippen molar-refractivity contribution in [1.82, 2.24) is 15.2 Å². The molecule has 128 valence electrons. The summed E-state index contributed by atoms with van der Waals surface area (Å²) < 4.78 is 6.17. The number of hydrogen-bond donors (Lipinski definition) is 1. The Balaban J connectivity index is 1.74. The van der Waals surface area contributed by atoms with Crippen LogP contribution in [-0.4, -0.2) is 35.0 Å². The molecule has 1 aromatic carbocycles. The number of rotatable bonds is 4. The van der Waals surface area contributed by atoms with Gasteiger partial charge in [-0.1, -0.05) is 18.2 Å². The number of benzene rings is 1. The molecule has 1 N–H and O–H groups in total. The van der Waals surface area contributed by atoms with Crippen molar-refractivity contribution >= 4 is 17.2 Å². The first-order valence-corrected chi connectivity index (χ1v) is 8.96. The molecule has 2 heterocycles. The first-order chi connectivity index (χ1) is 11.4. The van der Waals surface area contributed by atoms with Gasteiger partial charge in [0.15, 0.2) is 0 Å². The molecule has 1 aliphatic heterocycles. The van der Waals surface area contributed by atoms with Crippen molar-refractivity contribution < 1.29 is 9.53 Å². The largest absolute Gasteiger partial charge is 0.486 e. The topological polar surface area (TPSA) is 54.5 Å². The fourth-order valence-corrected chi connectivity index (χ4v) is 3.75. The Labute approximate surface area is 146 Å². The maximum Gasteiger partial charge on any atom is 0.226 e. The zero-order chi connectivity index (χ0) is 17.2. The van der Waals surface area contributed by atoms with Gasteiger partial charge in [-0.05, 0) is 19.9 Å². The molecule has 24 heavy (non-hydrogen) atoms. The van der Waals surface area contributed by atoms with Crippen molar-refractivity contribution in [2.24, 2.45) is 0 Å². The monoisotopic (exact) mass is 345 g/mol. The van der Waals surface area contributed by atoms with E-state index in [9.17, 15) is 4.79 Å². The Morgan fingerprint density at radius 1 is 1.42 bits per heavy atom. The number of carbonyl (C=O) groups excluding carboxylic acids is 1. The van der Waals surface area contributed by atoms with Crippen LogP contribution in [0.5, 0.6) is 5.75 Å². The van der Waals surface area contributed by atoms with E-state index < -0.39 is 0 Å². The molecule has 1 aromatic heterocycles. The lowest BCUT2D eigenvalue weighted by Crippen LogP contribution is -2.40. The number of para-hydroxylation sites is 1. The Morgan fingerprint density at radius 3 is 3.00 bits per heavy atom. The maximum atomic E-state index is 11.5. The van der Waals surface area contributed by atoms with Crippen LogP contribution in [0.3, 0.4) is 0 Å². The fourth-order valence-electron chi connectivity index (χ4n) is 2.97. The average Bonchev–Trinajstić information content (AvgIpc) is 2.89. The molecule has 0 atom stereocenters. The molecule has 1 amide bonds. The zero-order valence-corrected chi connectivity index (χ0v) is 15.2. The Kier molecular flexibility index (Phi) is 4.87. The van der Waals surface area contributed by atoms with Crippen LogP contribution in [0.1, 0.15) is 30.1 Å². The van der Waals surface area contributed by atoms with Gasteiger partial charge in [-0.3, -0.25) is 9.69 Å². The quantitative estimate of drug-likeness (QED) is 0.925. The molecule has 0 unspecified atom stereocenters. The van der Waals surface area contributed by atoms with Crippen LogP contribution in [0.25, 0.3) is 0 Å². The van der Waals surface area contributed by atoms with Crippen LogP contribution >= 0.6 is 11.3 Å². The predicted octanol–water partition coefficient (Wildman–Crippen LogP) is 2.60. The lowest BCUT2D eigenvalue weighted by molar-refractivity contribution is -0.119. The lowest BCUT2D eigenvalue weighted by Gasteiger charge is -2.29. The minimum atomic E-state index is -0.256. The van der Waals surface area contributed by atoms with Gasteiger partial charge in [0, 0.05) is 37.6 Å². The minimum Gasteiger partial charge on any atom is -0.486 e. The molecule has 3 rings (SSSR count). The number of thiazole rings is 1. The van der Waals surface area contributed by atoms with Crippen LogP contribution in [0.4, 0.5) is 0 Å². The molecule has 2 aromatic rings. The predicted molar refractivity (Wildman–Crippen MR) is 95.1 cm³/mol. The fraction of sp³-hybridized carbons (Fsp3) is 0.444. The van der Waals surface area contributed by atoms with Gasteiger partial charge in [-0.25, -0.2) is 4.98 Å². The van der Waals surface area contributed by atoms with Gasteiger partial charge in [0.25, 0.3) is 0 Å². The molecule has 0 saturated heterocycles. The van der Waals surface area contributed by atoms with Gasteiger partial charge in [0.05, 0.1) is 12.1 Å². The summed E-state index contributed by atoms with van der Waals surface area (Å²) in [6, 6.07) is 8.20. The summed E-state index contributed by atoms with van der Waals surface area (Å²) >= 11 is 1.54. The van der Waals surface area contributed by atoms with Crippen molar-refractivity contribution in [2.75, 3.05) is 13.6 Å². The van der Waals surface area contributed by atoms with E-state index in [0.29, 0.717) is 6.42 Å². The summed E-state index contributed by atoms with van der Waals surface area (Å²) in [5, 5.41) is 5.54. The summed E-state index contributed by atoms with van der Waals surface area (Å²) in [6.45, 7) is 6.64. The van der Waals surface area contributed by atoms with Gasteiger partial charge in [0.2, 0.25) is 5.91 Å². The number of ether oxygens (including phenoxy) is 1. The molecule has 0 aliphatic carbocycles. The highest BCUT2D eigenvalue weighted by Crippen LogP contribution is 2.30. The Hall–Kier alpha value is -1.92. The molecule has 0 bridgehead atoms. The van der Waals surface area contributed by atoms with Gasteiger partial charge in [-0.15, -0.1) is 11.3 Å². The SMILES string of the molecule is CNC(=O)Cc1nc(CN2Cc3ccccc3OC(C)(C)C2)cs1. The number of carbonyl (C=O) groups is 1. The first kappa shape index (κ1) is 16.9. The van der Waals surface area contributed by atoms with Gasteiger partial charge >= 0.3 is 0 Å². The van der Waals surface area contributed by atoms with Crippen LogP contribution in [0.2, 0.25) is 0 Å². The first-order valence-electron chi connectivity index (χ1n) is 8.08. The summed E-state index contributed by atoms with van der Waals surface area (Å²) in [6.07, 6.45) is 0.346. The minimum absolute atomic E-state index is 0.00543. The van der Waals surface area contributed by atoms with Crippen molar-refractivity contribution in [3.8, 4) is 5.75 Å². The molecule has 0 radical (unpaired) electrons. The standard InChI is InChI=1S/C18H23N3O2S/c1-18(2)12-21(9-13-6-4-5-7-15(13)23-18)10-14-11-24-17(20-14)8-16(22)19-3/h4-7,11H,8-10,12H2,1-3H3,(H,19,22). The zero-order valence-electron chi connectivity index (χ0n) is 14.3. The third-order valence-electron chi connectivity index (χ3n) is 3.93. The second kappa shape index (κ2) is 6.91. The third kappa shape index (κ3) is 4.13. The second-order valence-corrected chi connectivity index (χ2v) is 7.64. The van der Waals surface area contributed by atoms with Crippen LogP contribution in [-0.2, 0) is 24.3 Å². The Morgan fingerprint density at radius 2 is 2.21 bits per heavy atom. The highest BCUT2D eigenvalue weighted by Gasteiger charge is 2.29. The number of likely N-dealkylation sites (N-methyl/N-ethyl adjacent to an activating group) is 1. The van der Waals surface area contributed by atoms with E-state index in [-0.39, 0.29) is 11.5 Å². The molecule has 1 aliphatic rings. The maximum absolute atomic E-state index is 11.5. The number of aromatic nitrogens is 1. The average molecular weight is 345 g/mol. The molecular weight excluding hydrogens is 322 g/mol. The number of nitrogens with one attached hydrogen (secondary N) is 1. The molecule has 0 spiro atoms. The number of amides is 1. The third-order valence-corrected chi connectivity index (χ3v) is 4.83. The van der Waals surface area contributed by atoms with E-state index in [1.165, 1.54) is 5.56 Å². The van der Waals surface area contributed by atoms with Crippen LogP contribution in [0, 0.1) is 0 Å². The van der Waals surface area contributed by atoms with E-state index in [1.54, 1.807) is 18.4 Å². The van der Waals surface area contributed by atoms with Gasteiger partial charge in [0.1, 0.15) is 16.4 Å². The summed E-state index contributed by atoms with van der Waals surface area (Å²) in [4.78, 5) is 18.4. The van der Waals surface area contributed by atoms with Gasteiger partial charge < -0.3 is 10.1 Å². The highest BCUT2D eigenvalue weighted by molar-refractivity contribution is 7.09. The molecule has 0 fully saturated rings. The van der Waals surface area contributed by atoms with E-state index in [4.69, 9.17) is 4.74 Å². The van der Waals surface area contributed by atoms with Crippen LogP contribution in [0.15, 0.2) is 29.6 Å². The molecule has 6 heteroatoms. The van der Waals surface area contributed by atoms with E-state index >= 15 is 0 Å². The van der Waals surface area contributed by atoms with E-state index in [0.717, 1.165) is 36.1 Å². The normalized spacial score (nSPS) is 16.8. The number of fused-ring (bicyclic) bond motifs is 1. The summed E-state index contributed by atoms with van der Waals surface area (Å²) in [7, 11) is 1.65. The van der Waals surface area contributed by atoms with E-state index in [1.807, 2.05) is 23.6 Å². The number of hydrogen-bond acceptors (Lipinski definition) is 5.